The van der Waals surface area contributed by atoms with Gasteiger partial charge in [0.05, 0.1) is 5.92 Å². The highest BCUT2D eigenvalue weighted by atomic mass is 19.4. The van der Waals surface area contributed by atoms with Gasteiger partial charge >= 0.3 is 6.18 Å². The molecule has 0 aliphatic heterocycles. The number of hydrogen-bond donors (Lipinski definition) is 2. The fourth-order valence-electron chi connectivity index (χ4n) is 3.48. The summed E-state index contributed by atoms with van der Waals surface area (Å²) in [6.07, 6.45) is 1.41. The lowest BCUT2D eigenvalue weighted by Gasteiger charge is -2.34. The highest BCUT2D eigenvalue weighted by Gasteiger charge is 2.42. The molecule has 0 saturated heterocycles. The quantitative estimate of drug-likeness (QED) is 0.822. The van der Waals surface area contributed by atoms with E-state index >= 15 is 0 Å². The van der Waals surface area contributed by atoms with E-state index in [4.69, 9.17) is 5.73 Å². The average Bonchev–Trinajstić information content (AvgIpc) is 2.75. The minimum absolute atomic E-state index is 0.0301. The number of nitrogens with two attached hydrogens (primary N) is 1. The first-order valence-electron chi connectivity index (χ1n) is 7.03. The molecule has 3 N–H and O–H groups in total. The Balaban J connectivity index is 1.86. The fraction of sp³-hybridized carbons (Fsp3) is 1.00. The number of alkyl halides is 3. The molecule has 4 atom stereocenters. The standard InChI is InChI=1S/C13H23F3N2/c14-13(15,16)10-4-2-5-11(7-10)18-12-6-1-3-9(12)8-17/h9-12,18H,1-8,17H2. The molecule has 0 aromatic carbocycles. The lowest BCUT2D eigenvalue weighted by atomic mass is 9.84. The second kappa shape index (κ2) is 5.78. The van der Waals surface area contributed by atoms with Crippen molar-refractivity contribution in [1.29, 1.82) is 0 Å². The summed E-state index contributed by atoms with van der Waals surface area (Å²) in [5.41, 5.74) is 5.71. The predicted octanol–water partition coefficient (Wildman–Crippen LogP) is 2.82. The van der Waals surface area contributed by atoms with Crippen LogP contribution >= 0.6 is 0 Å². The molecule has 0 radical (unpaired) electrons. The summed E-state index contributed by atoms with van der Waals surface area (Å²) in [4.78, 5) is 0. The molecule has 0 aromatic heterocycles. The van der Waals surface area contributed by atoms with E-state index in [-0.39, 0.29) is 12.5 Å². The smallest absolute Gasteiger partial charge is 0.330 e. The van der Waals surface area contributed by atoms with Crippen LogP contribution in [0.1, 0.15) is 44.9 Å². The van der Waals surface area contributed by atoms with Gasteiger partial charge in [-0.2, -0.15) is 13.2 Å². The van der Waals surface area contributed by atoms with Crippen LogP contribution in [0.25, 0.3) is 0 Å². The van der Waals surface area contributed by atoms with Crippen molar-refractivity contribution in [2.24, 2.45) is 17.6 Å². The van der Waals surface area contributed by atoms with Crippen molar-refractivity contribution in [3.05, 3.63) is 0 Å². The van der Waals surface area contributed by atoms with E-state index in [0.717, 1.165) is 25.7 Å². The van der Waals surface area contributed by atoms with Crippen molar-refractivity contribution >= 4 is 0 Å². The second-order valence-corrected chi connectivity index (χ2v) is 5.80. The van der Waals surface area contributed by atoms with Gasteiger partial charge in [0.2, 0.25) is 0 Å². The second-order valence-electron chi connectivity index (χ2n) is 5.80. The molecule has 18 heavy (non-hydrogen) atoms. The number of nitrogens with one attached hydrogen (secondary N) is 1. The van der Waals surface area contributed by atoms with E-state index < -0.39 is 12.1 Å². The monoisotopic (exact) mass is 264 g/mol. The molecule has 2 aliphatic carbocycles. The van der Waals surface area contributed by atoms with Crippen LogP contribution in [-0.2, 0) is 0 Å². The van der Waals surface area contributed by atoms with Crippen molar-refractivity contribution in [1.82, 2.24) is 5.32 Å². The normalized spacial score (nSPS) is 38.0. The topological polar surface area (TPSA) is 38.0 Å². The lowest BCUT2D eigenvalue weighted by Crippen LogP contribution is -2.46. The van der Waals surface area contributed by atoms with E-state index in [1.807, 2.05) is 0 Å². The predicted molar refractivity (Wildman–Crippen MR) is 65.1 cm³/mol. The summed E-state index contributed by atoms with van der Waals surface area (Å²) in [6.45, 7) is 0.646. The van der Waals surface area contributed by atoms with Gasteiger partial charge in [-0.3, -0.25) is 0 Å². The Kier molecular flexibility index (Phi) is 4.54. The van der Waals surface area contributed by atoms with Crippen molar-refractivity contribution < 1.29 is 13.2 Å². The van der Waals surface area contributed by atoms with Crippen LogP contribution in [0.2, 0.25) is 0 Å². The van der Waals surface area contributed by atoms with E-state index in [9.17, 15) is 13.2 Å². The zero-order valence-corrected chi connectivity index (χ0v) is 10.7. The molecule has 0 heterocycles. The van der Waals surface area contributed by atoms with Crippen LogP contribution in [-0.4, -0.2) is 24.8 Å². The first-order valence-corrected chi connectivity index (χ1v) is 7.03. The van der Waals surface area contributed by atoms with Crippen LogP contribution in [0.15, 0.2) is 0 Å². The third-order valence-corrected chi connectivity index (χ3v) is 4.55. The van der Waals surface area contributed by atoms with Crippen molar-refractivity contribution in [2.75, 3.05) is 6.54 Å². The molecule has 106 valence electrons. The van der Waals surface area contributed by atoms with Crippen LogP contribution in [0, 0.1) is 11.8 Å². The van der Waals surface area contributed by atoms with Gasteiger partial charge in [-0.1, -0.05) is 12.8 Å². The summed E-state index contributed by atoms with van der Waals surface area (Å²) >= 11 is 0. The zero-order chi connectivity index (χ0) is 13.2. The van der Waals surface area contributed by atoms with E-state index in [2.05, 4.69) is 5.32 Å². The Morgan fingerprint density at radius 3 is 2.44 bits per heavy atom. The molecule has 5 heteroatoms. The summed E-state index contributed by atoms with van der Waals surface area (Å²) < 4.78 is 38.2. The maximum absolute atomic E-state index is 12.7. The Hall–Kier alpha value is -0.290. The van der Waals surface area contributed by atoms with Gasteiger partial charge in [-0.15, -0.1) is 0 Å². The summed E-state index contributed by atoms with van der Waals surface area (Å²) in [5.74, 6) is -0.655. The van der Waals surface area contributed by atoms with Crippen molar-refractivity contribution in [3.63, 3.8) is 0 Å². The van der Waals surface area contributed by atoms with Gasteiger partial charge < -0.3 is 11.1 Å². The number of halogens is 3. The van der Waals surface area contributed by atoms with Gasteiger partial charge in [0.1, 0.15) is 0 Å². The highest BCUT2D eigenvalue weighted by molar-refractivity contribution is 4.89. The molecule has 2 nitrogen and oxygen atoms in total. The third-order valence-electron chi connectivity index (χ3n) is 4.55. The van der Waals surface area contributed by atoms with Crippen LogP contribution in [0.5, 0.6) is 0 Å². The minimum Gasteiger partial charge on any atom is -0.330 e. The van der Waals surface area contributed by atoms with Gasteiger partial charge in [-0.05, 0) is 44.6 Å². The third kappa shape index (κ3) is 3.38. The molecule has 2 aliphatic rings. The molecule has 2 fully saturated rings. The van der Waals surface area contributed by atoms with Crippen LogP contribution in [0.3, 0.4) is 0 Å². The molecular weight excluding hydrogens is 241 g/mol. The molecule has 0 aromatic rings. The van der Waals surface area contributed by atoms with Gasteiger partial charge in [-0.25, -0.2) is 0 Å². The molecule has 2 rings (SSSR count). The summed E-state index contributed by atoms with van der Waals surface area (Å²) in [7, 11) is 0. The molecule has 0 amide bonds. The SMILES string of the molecule is NCC1CCCC1NC1CCCC(C(F)(F)F)C1. The van der Waals surface area contributed by atoms with E-state index in [1.165, 1.54) is 0 Å². The zero-order valence-electron chi connectivity index (χ0n) is 10.7. The van der Waals surface area contributed by atoms with E-state index in [0.29, 0.717) is 31.3 Å². The van der Waals surface area contributed by atoms with Gasteiger partial charge in [0.15, 0.2) is 0 Å². The molecule has 2 saturated carbocycles. The number of hydrogen-bond acceptors (Lipinski definition) is 2. The molecule has 4 unspecified atom stereocenters. The molecular formula is C13H23F3N2. The summed E-state index contributed by atoms with van der Waals surface area (Å²) in [6, 6.07) is 0.370. The van der Waals surface area contributed by atoms with Crippen LogP contribution < -0.4 is 11.1 Å². The van der Waals surface area contributed by atoms with Crippen molar-refractivity contribution in [2.45, 2.75) is 63.2 Å². The Bertz CT molecular complexity index is 267. The largest absolute Gasteiger partial charge is 0.391 e. The minimum atomic E-state index is -4.02. The average molecular weight is 264 g/mol. The lowest BCUT2D eigenvalue weighted by molar-refractivity contribution is -0.183. The van der Waals surface area contributed by atoms with E-state index in [1.54, 1.807) is 0 Å². The number of rotatable bonds is 3. The maximum atomic E-state index is 12.7. The van der Waals surface area contributed by atoms with Crippen molar-refractivity contribution in [3.8, 4) is 0 Å². The fourth-order valence-corrected chi connectivity index (χ4v) is 3.48. The first-order chi connectivity index (χ1) is 8.50. The molecule has 0 spiro atoms. The Labute approximate surface area is 106 Å². The highest BCUT2D eigenvalue weighted by Crippen LogP contribution is 2.38. The Morgan fingerprint density at radius 2 is 1.78 bits per heavy atom. The Morgan fingerprint density at radius 1 is 1.06 bits per heavy atom. The van der Waals surface area contributed by atoms with Crippen LogP contribution in [0.4, 0.5) is 13.2 Å². The maximum Gasteiger partial charge on any atom is 0.391 e. The van der Waals surface area contributed by atoms with Gasteiger partial charge in [0.25, 0.3) is 0 Å². The first kappa shape index (κ1) is 14.1. The summed E-state index contributed by atoms with van der Waals surface area (Å²) in [5, 5.41) is 3.44. The van der Waals surface area contributed by atoms with Gasteiger partial charge in [0, 0.05) is 12.1 Å². The molecule has 0 bridgehead atoms.